The molecule has 47 heavy (non-hydrogen) atoms. The number of rotatable bonds is 11. The first-order valence-corrected chi connectivity index (χ1v) is 21.1. The zero-order valence-electron chi connectivity index (χ0n) is 30.7. The van der Waals surface area contributed by atoms with Gasteiger partial charge in [0.2, 0.25) is 0 Å². The van der Waals surface area contributed by atoms with Gasteiger partial charge in [0.05, 0.1) is 0 Å². The van der Waals surface area contributed by atoms with Gasteiger partial charge in [0.25, 0.3) is 0 Å². The molecule has 1 fully saturated rings. The molecular weight excluding hydrogens is 618 g/mol. The quantitative estimate of drug-likeness (QED) is 0.191. The van der Waals surface area contributed by atoms with Gasteiger partial charge >= 0.3 is 261 Å². The molecule has 7 heteroatoms. The number of hydrogen-bond donors (Lipinski definition) is 0. The van der Waals surface area contributed by atoms with E-state index in [9.17, 15) is 9.36 Å². The maximum atomic E-state index is 14.4. The second kappa shape index (κ2) is 14.3. The number of carbonyl (C=O) groups excluding carboxylic acids is 1. The van der Waals surface area contributed by atoms with Gasteiger partial charge in [0, 0.05) is 0 Å². The van der Waals surface area contributed by atoms with Gasteiger partial charge in [0.15, 0.2) is 0 Å². The van der Waals surface area contributed by atoms with Crippen molar-refractivity contribution in [1.82, 2.24) is 9.57 Å². The second-order valence-electron chi connectivity index (χ2n) is 17.2. The maximum absolute atomic E-state index is 14.4. The van der Waals surface area contributed by atoms with Crippen molar-refractivity contribution >= 4 is 36.6 Å². The zero-order chi connectivity index (χ0) is 34.7. The Kier molecular flexibility index (Phi) is 11.4. The Morgan fingerprint density at radius 3 is 1.45 bits per heavy atom. The molecule has 1 heterocycles. The van der Waals surface area contributed by atoms with Crippen molar-refractivity contribution in [2.75, 3.05) is 38.9 Å². The van der Waals surface area contributed by atoms with Gasteiger partial charge in [-0.1, -0.05) is 20.8 Å². The molecule has 1 atom stereocenters. The summed E-state index contributed by atoms with van der Waals surface area (Å²) in [6, 6.07) is 33.1. The van der Waals surface area contributed by atoms with Crippen molar-refractivity contribution in [3.05, 3.63) is 91.0 Å². The predicted octanol–water partition coefficient (Wildman–Crippen LogP) is 8.35. The molecule has 5 nitrogen and oxygen atoms in total. The average molecular weight is 679 g/mol. The number of benzene rings is 3. The molecule has 1 aliphatic heterocycles. The summed E-state index contributed by atoms with van der Waals surface area (Å²) in [7, 11) is -5.60. The summed E-state index contributed by atoms with van der Waals surface area (Å²) in [5.41, 5.74) is -0.790. The molecule has 0 spiro atoms. The molecule has 1 amide bonds. The van der Waals surface area contributed by atoms with Gasteiger partial charge < -0.3 is 0 Å². The molecule has 1 unspecified atom stereocenters. The van der Waals surface area contributed by atoms with Crippen molar-refractivity contribution in [2.45, 2.75) is 80.8 Å². The zero-order valence-corrected chi connectivity index (χ0v) is 32.6. The topological polar surface area (TPSA) is 49.9 Å². The van der Waals surface area contributed by atoms with Gasteiger partial charge in [-0.15, -0.1) is 0 Å². The van der Waals surface area contributed by atoms with Gasteiger partial charge in [-0.25, -0.2) is 0 Å². The van der Waals surface area contributed by atoms with Crippen LogP contribution in [-0.2, 0) is 13.9 Å². The standard InChI is InChI=1S/C40H60N2O3P2/c1-37(2,3)31-45-47(44,38(4,5)6)42-28-26-41(27-29-42)36(43)40(9,10)30-39(7,8)32-46(33-20-14-11-15-21-33,34-22-16-12-17-23-34)35-24-18-13-19-25-35/h11-25,46H,26-32H2,1-10H3. The van der Waals surface area contributed by atoms with Gasteiger partial charge in [-0.05, 0) is 5.41 Å². The fraction of sp³-hybridized carbons (Fsp3) is 0.525. The fourth-order valence-electron chi connectivity index (χ4n) is 7.60. The van der Waals surface area contributed by atoms with Crippen molar-refractivity contribution < 1.29 is 13.9 Å². The van der Waals surface area contributed by atoms with Crippen LogP contribution in [0.4, 0.5) is 0 Å². The number of amides is 1. The normalized spacial score (nSPS) is 17.3. The molecule has 0 aromatic heterocycles. The van der Waals surface area contributed by atoms with Gasteiger partial charge in [0.1, 0.15) is 0 Å². The monoisotopic (exact) mass is 678 g/mol. The van der Waals surface area contributed by atoms with E-state index < -0.39 is 25.4 Å². The van der Waals surface area contributed by atoms with E-state index in [0.717, 1.165) is 12.6 Å². The fourth-order valence-corrected chi connectivity index (χ4v) is 15.7. The van der Waals surface area contributed by atoms with Crippen LogP contribution in [0, 0.1) is 16.2 Å². The molecule has 0 bridgehead atoms. The average Bonchev–Trinajstić information content (AvgIpc) is 3.02. The van der Waals surface area contributed by atoms with Crippen LogP contribution in [0.1, 0.15) is 75.7 Å². The van der Waals surface area contributed by atoms with Crippen molar-refractivity contribution in [2.24, 2.45) is 16.2 Å². The van der Waals surface area contributed by atoms with E-state index in [1.807, 2.05) is 30.3 Å². The first-order chi connectivity index (χ1) is 21.8. The summed E-state index contributed by atoms with van der Waals surface area (Å²) < 4.78 is 22.7. The molecule has 1 saturated heterocycles. The van der Waals surface area contributed by atoms with Crippen LogP contribution < -0.4 is 15.9 Å². The Hall–Kier alpha value is -2.29. The van der Waals surface area contributed by atoms with Crippen LogP contribution in [0.3, 0.4) is 0 Å². The van der Waals surface area contributed by atoms with Crippen LogP contribution in [0.25, 0.3) is 0 Å². The summed E-state index contributed by atoms with van der Waals surface area (Å²) >= 11 is 0. The van der Waals surface area contributed by atoms with Gasteiger partial charge in [-0.2, -0.15) is 0 Å². The van der Waals surface area contributed by atoms with Crippen molar-refractivity contribution in [3.63, 3.8) is 0 Å². The molecule has 4 rings (SSSR count). The van der Waals surface area contributed by atoms with Gasteiger partial charge in [-0.3, -0.25) is 0 Å². The van der Waals surface area contributed by atoms with Crippen LogP contribution in [0.5, 0.6) is 0 Å². The Labute approximate surface area is 286 Å². The number of hydrogen-bond acceptors (Lipinski definition) is 3. The number of carbonyl (C=O) groups is 1. The summed E-state index contributed by atoms with van der Waals surface area (Å²) in [5.74, 6) is 0.179. The third-order valence-electron chi connectivity index (χ3n) is 9.48. The molecule has 1 aliphatic rings. The molecular formula is C40H60N2O3P2. The van der Waals surface area contributed by atoms with E-state index in [0.29, 0.717) is 32.8 Å². The third kappa shape index (κ3) is 8.66. The SMILES string of the molecule is CC(C)(C)COP(=O)(N1CCN(C(=O)C(C)(C)CC(C)(C)C[PH](c2ccccc2)(c2ccccc2)c2ccccc2)CC1)C(C)(C)C. The van der Waals surface area contributed by atoms with Crippen molar-refractivity contribution in [1.29, 1.82) is 0 Å². The molecule has 0 radical (unpaired) electrons. The van der Waals surface area contributed by atoms with Crippen molar-refractivity contribution in [3.8, 4) is 0 Å². The van der Waals surface area contributed by atoms with E-state index in [-0.39, 0.29) is 16.7 Å². The minimum absolute atomic E-state index is 0.0858. The Bertz CT molecular complexity index is 1410. The van der Waals surface area contributed by atoms with E-state index in [1.165, 1.54) is 15.9 Å². The number of piperazine rings is 1. The van der Waals surface area contributed by atoms with Crippen LogP contribution in [-0.4, -0.2) is 59.6 Å². The molecule has 258 valence electrons. The van der Waals surface area contributed by atoms with Crippen LogP contribution >= 0.6 is 14.8 Å². The predicted molar refractivity (Wildman–Crippen MR) is 205 cm³/mol. The summed E-state index contributed by atoms with van der Waals surface area (Å²) in [6.07, 6.45) is 1.73. The van der Waals surface area contributed by atoms with E-state index >= 15 is 0 Å². The molecule has 0 saturated carbocycles. The third-order valence-corrected chi connectivity index (χ3v) is 18.2. The molecule has 0 N–H and O–H groups in total. The molecule has 3 aromatic rings. The Morgan fingerprint density at radius 1 is 0.681 bits per heavy atom. The first-order valence-electron chi connectivity index (χ1n) is 17.3. The van der Waals surface area contributed by atoms with E-state index in [1.54, 1.807) is 0 Å². The minimum atomic E-state index is -3.12. The summed E-state index contributed by atoms with van der Waals surface area (Å²) in [5, 5.41) is 3.66. The first kappa shape index (κ1) is 37.5. The molecule has 0 aliphatic carbocycles. The summed E-state index contributed by atoms with van der Waals surface area (Å²) in [4.78, 5) is 16.3. The Balaban J connectivity index is 1.58. The van der Waals surface area contributed by atoms with E-state index in [4.69, 9.17) is 4.52 Å². The number of nitrogens with zero attached hydrogens (tertiary/aromatic N) is 2. The summed E-state index contributed by atoms with van der Waals surface area (Å²) in [6.45, 7) is 23.9. The van der Waals surface area contributed by atoms with E-state index in [2.05, 4.69) is 139 Å². The van der Waals surface area contributed by atoms with Crippen LogP contribution in [0.2, 0.25) is 0 Å². The Morgan fingerprint density at radius 2 is 1.09 bits per heavy atom. The van der Waals surface area contributed by atoms with Crippen LogP contribution in [0.15, 0.2) is 91.0 Å². The second-order valence-corrected chi connectivity index (χ2v) is 24.3. The molecule has 3 aromatic carbocycles.